The smallest absolute Gasteiger partial charge is 0.00174 e. The van der Waals surface area contributed by atoms with Gasteiger partial charge in [-0.25, -0.2) is 0 Å². The van der Waals surface area contributed by atoms with Crippen LogP contribution in [0.2, 0.25) is 0 Å². The van der Waals surface area contributed by atoms with Crippen LogP contribution in [0.5, 0.6) is 0 Å². The maximum Gasteiger partial charge on any atom is -0.00174 e. The lowest BCUT2D eigenvalue weighted by atomic mass is 9.83. The van der Waals surface area contributed by atoms with Crippen LogP contribution in [0.25, 0.3) is 43.4 Å². The average Bonchev–Trinajstić information content (AvgIpc) is 2.75. The molecule has 0 nitrogen and oxygen atoms in total. The van der Waals surface area contributed by atoms with Gasteiger partial charge >= 0.3 is 0 Å². The SMILES string of the molecule is Cc1ccc(-c2cc(C)c(C)c3c4cc(C)c(C)cc4c4cc(C)c(C)cc4c23)cc1C. The van der Waals surface area contributed by atoms with Gasteiger partial charge in [0.2, 0.25) is 0 Å². The highest BCUT2D eigenvalue weighted by molar-refractivity contribution is 6.29. The molecule has 0 N–H and O–H groups in total. The first-order valence-electron chi connectivity index (χ1n) is 11.6. The second-order valence-corrected chi connectivity index (χ2v) is 9.88. The van der Waals surface area contributed by atoms with Crippen LogP contribution in [-0.4, -0.2) is 0 Å². The van der Waals surface area contributed by atoms with Crippen LogP contribution in [0.4, 0.5) is 0 Å². The summed E-state index contributed by atoms with van der Waals surface area (Å²) < 4.78 is 0. The van der Waals surface area contributed by atoms with Crippen LogP contribution in [-0.2, 0) is 0 Å². The van der Waals surface area contributed by atoms with Crippen molar-refractivity contribution in [1.82, 2.24) is 0 Å². The Balaban J connectivity index is 2.13. The highest BCUT2D eigenvalue weighted by Gasteiger charge is 2.18. The summed E-state index contributed by atoms with van der Waals surface area (Å²) in [5, 5.41) is 8.29. The molecule has 160 valence electrons. The first kappa shape index (κ1) is 20.8. The maximum absolute atomic E-state index is 2.42. The van der Waals surface area contributed by atoms with Crippen molar-refractivity contribution in [1.29, 1.82) is 0 Å². The summed E-state index contributed by atoms with van der Waals surface area (Å²) in [6.45, 7) is 17.9. The second kappa shape index (κ2) is 7.20. The largest absolute Gasteiger partial charge is 0.0584 e. The highest BCUT2D eigenvalue weighted by atomic mass is 14.2. The summed E-state index contributed by atoms with van der Waals surface area (Å²) in [5.74, 6) is 0. The maximum atomic E-state index is 2.42. The highest BCUT2D eigenvalue weighted by Crippen LogP contribution is 2.44. The molecule has 0 aliphatic rings. The van der Waals surface area contributed by atoms with E-state index in [0.29, 0.717) is 0 Å². The Morgan fingerprint density at radius 1 is 0.375 bits per heavy atom. The van der Waals surface area contributed by atoms with E-state index in [2.05, 4.69) is 104 Å². The van der Waals surface area contributed by atoms with E-state index in [4.69, 9.17) is 0 Å². The molecule has 0 saturated heterocycles. The second-order valence-electron chi connectivity index (χ2n) is 9.88. The lowest BCUT2D eigenvalue weighted by Gasteiger charge is -2.20. The zero-order valence-corrected chi connectivity index (χ0v) is 20.6. The van der Waals surface area contributed by atoms with Crippen LogP contribution in [0.1, 0.15) is 44.5 Å². The third-order valence-electron chi connectivity index (χ3n) is 7.76. The molecule has 0 aromatic heterocycles. The fraction of sp³-hybridized carbons (Fsp3) is 0.250. The van der Waals surface area contributed by atoms with Crippen LogP contribution >= 0.6 is 0 Å². The molecule has 0 bridgehead atoms. The topological polar surface area (TPSA) is 0 Å². The van der Waals surface area contributed by atoms with Gasteiger partial charge in [0.15, 0.2) is 0 Å². The zero-order valence-electron chi connectivity index (χ0n) is 20.6. The summed E-state index contributed by atoms with van der Waals surface area (Å²) >= 11 is 0. The summed E-state index contributed by atoms with van der Waals surface area (Å²) in [4.78, 5) is 0. The van der Waals surface area contributed by atoms with Gasteiger partial charge in [-0.15, -0.1) is 0 Å². The predicted molar refractivity (Wildman–Crippen MR) is 142 cm³/mol. The fourth-order valence-corrected chi connectivity index (χ4v) is 5.16. The summed E-state index contributed by atoms with van der Waals surface area (Å²) in [5.41, 5.74) is 13.5. The molecular formula is C32H32. The first-order chi connectivity index (χ1) is 15.2. The Morgan fingerprint density at radius 2 is 0.844 bits per heavy atom. The standard InChI is InChI=1S/C32H32/c1-17-9-10-25(11-18(17)2)26-16-23(7)24(8)31-29-14-21(5)19(3)12-27(29)28-13-20(4)22(6)15-30(28)32(26)31/h9-16H,1-8H3. The number of fused-ring (bicyclic) bond motifs is 6. The Kier molecular flexibility index (Phi) is 4.67. The predicted octanol–water partition coefficient (Wildman–Crippen LogP) is 9.28. The Hall–Kier alpha value is -3.12. The van der Waals surface area contributed by atoms with Gasteiger partial charge < -0.3 is 0 Å². The van der Waals surface area contributed by atoms with Crippen molar-refractivity contribution in [2.45, 2.75) is 55.4 Å². The molecule has 0 heteroatoms. The van der Waals surface area contributed by atoms with Gasteiger partial charge in [0.05, 0.1) is 0 Å². The van der Waals surface area contributed by atoms with Gasteiger partial charge in [0, 0.05) is 0 Å². The van der Waals surface area contributed by atoms with Gasteiger partial charge in [0.1, 0.15) is 0 Å². The van der Waals surface area contributed by atoms with Crippen molar-refractivity contribution in [2.24, 2.45) is 0 Å². The minimum atomic E-state index is 1.31. The minimum Gasteiger partial charge on any atom is -0.0584 e. The van der Waals surface area contributed by atoms with Crippen LogP contribution < -0.4 is 0 Å². The third kappa shape index (κ3) is 2.97. The fourth-order valence-electron chi connectivity index (χ4n) is 5.16. The van der Waals surface area contributed by atoms with Gasteiger partial charge in [0.25, 0.3) is 0 Å². The molecule has 0 aliphatic heterocycles. The van der Waals surface area contributed by atoms with Gasteiger partial charge in [-0.1, -0.05) is 48.5 Å². The van der Waals surface area contributed by atoms with E-state index in [1.807, 2.05) is 0 Å². The molecular weight excluding hydrogens is 384 g/mol. The average molecular weight is 417 g/mol. The van der Waals surface area contributed by atoms with Crippen molar-refractivity contribution < 1.29 is 0 Å². The Labute approximate surface area is 191 Å². The first-order valence-corrected chi connectivity index (χ1v) is 11.6. The molecule has 5 rings (SSSR count). The van der Waals surface area contributed by atoms with E-state index >= 15 is 0 Å². The monoisotopic (exact) mass is 416 g/mol. The molecule has 0 spiro atoms. The van der Waals surface area contributed by atoms with E-state index < -0.39 is 0 Å². The molecule has 0 radical (unpaired) electrons. The van der Waals surface area contributed by atoms with Crippen molar-refractivity contribution in [3.05, 3.63) is 93.0 Å². The van der Waals surface area contributed by atoms with Crippen LogP contribution in [0, 0.1) is 55.4 Å². The van der Waals surface area contributed by atoms with E-state index in [0.717, 1.165) is 0 Å². The number of aryl methyl sites for hydroxylation is 8. The molecule has 0 atom stereocenters. The quantitative estimate of drug-likeness (QED) is 0.239. The molecule has 5 aromatic carbocycles. The van der Waals surface area contributed by atoms with E-state index in [9.17, 15) is 0 Å². The number of benzene rings is 5. The van der Waals surface area contributed by atoms with Crippen molar-refractivity contribution in [3.8, 4) is 11.1 Å². The molecule has 0 unspecified atom stereocenters. The molecule has 32 heavy (non-hydrogen) atoms. The number of hydrogen-bond donors (Lipinski definition) is 0. The lowest BCUT2D eigenvalue weighted by Crippen LogP contribution is -1.95. The summed E-state index contributed by atoms with van der Waals surface area (Å²) in [7, 11) is 0. The molecule has 0 saturated carbocycles. The summed E-state index contributed by atoms with van der Waals surface area (Å²) in [6.07, 6.45) is 0. The normalized spacial score (nSPS) is 11.8. The third-order valence-corrected chi connectivity index (χ3v) is 7.76. The molecule has 5 aromatic rings. The van der Waals surface area contributed by atoms with Crippen LogP contribution in [0.15, 0.2) is 48.5 Å². The van der Waals surface area contributed by atoms with E-state index in [-0.39, 0.29) is 0 Å². The van der Waals surface area contributed by atoms with E-state index in [1.54, 1.807) is 0 Å². The molecule has 0 fully saturated rings. The molecule has 0 aliphatic carbocycles. The van der Waals surface area contributed by atoms with Gasteiger partial charge in [-0.2, -0.15) is 0 Å². The molecule has 0 heterocycles. The van der Waals surface area contributed by atoms with Crippen LogP contribution in [0.3, 0.4) is 0 Å². The van der Waals surface area contributed by atoms with Crippen molar-refractivity contribution in [2.75, 3.05) is 0 Å². The summed E-state index contributed by atoms with van der Waals surface area (Å²) in [6, 6.07) is 19.0. The van der Waals surface area contributed by atoms with Crippen molar-refractivity contribution >= 4 is 32.3 Å². The number of rotatable bonds is 1. The number of hydrogen-bond acceptors (Lipinski definition) is 0. The molecule has 0 amide bonds. The van der Waals surface area contributed by atoms with Gasteiger partial charge in [-0.05, 0) is 143 Å². The van der Waals surface area contributed by atoms with E-state index in [1.165, 1.54) is 88.0 Å². The van der Waals surface area contributed by atoms with Gasteiger partial charge in [-0.3, -0.25) is 0 Å². The Bertz CT molecular complexity index is 1580. The lowest BCUT2D eigenvalue weighted by molar-refractivity contribution is 1.34. The zero-order chi connectivity index (χ0) is 22.9. The Morgan fingerprint density at radius 3 is 1.38 bits per heavy atom. The van der Waals surface area contributed by atoms with Crippen molar-refractivity contribution in [3.63, 3.8) is 0 Å². The minimum absolute atomic E-state index is 1.31.